The van der Waals surface area contributed by atoms with E-state index in [2.05, 4.69) is 32.8 Å². The van der Waals surface area contributed by atoms with E-state index in [1.54, 1.807) is 12.1 Å². The number of piperazine rings is 1. The molecule has 5 nitrogen and oxygen atoms in total. The molecular weight excluding hydrogens is 525 g/mol. The van der Waals surface area contributed by atoms with Gasteiger partial charge in [0, 0.05) is 46.7 Å². The summed E-state index contributed by atoms with van der Waals surface area (Å²) in [5.41, 5.74) is 2.96. The van der Waals surface area contributed by atoms with Gasteiger partial charge in [0.25, 0.3) is 11.8 Å². The second kappa shape index (κ2) is 9.70. The van der Waals surface area contributed by atoms with Crippen LogP contribution in [0.2, 0.25) is 5.02 Å². The van der Waals surface area contributed by atoms with Gasteiger partial charge < -0.3 is 15.1 Å². The molecule has 4 rings (SSSR count). The minimum Gasteiger partial charge on any atom is -0.368 e. The first-order valence-electron chi connectivity index (χ1n) is 9.97. The highest BCUT2D eigenvalue weighted by molar-refractivity contribution is 14.1. The summed E-state index contributed by atoms with van der Waals surface area (Å²) < 4.78 is 0.951. The van der Waals surface area contributed by atoms with Gasteiger partial charge in [-0.15, -0.1) is 0 Å². The molecule has 0 unspecified atom stereocenters. The standard InChI is InChI=1S/C24H21ClIN3O2/c25-22-11-6-18(26)16-21(22)23(30)27-19-7-9-20(10-8-19)28-12-14-29(15-13-28)24(31)17-4-2-1-3-5-17/h1-11,16H,12-15H2,(H,27,30). The van der Waals surface area contributed by atoms with Crippen LogP contribution in [0.15, 0.2) is 72.8 Å². The minimum atomic E-state index is -0.232. The smallest absolute Gasteiger partial charge is 0.257 e. The molecule has 1 aliphatic rings. The molecule has 2 amide bonds. The number of anilines is 2. The van der Waals surface area contributed by atoms with Crippen LogP contribution in [-0.4, -0.2) is 42.9 Å². The van der Waals surface area contributed by atoms with Gasteiger partial charge in [0.15, 0.2) is 0 Å². The Morgan fingerprint density at radius 2 is 1.55 bits per heavy atom. The Bertz CT molecular complexity index is 1080. The van der Waals surface area contributed by atoms with E-state index in [1.807, 2.05) is 65.6 Å². The predicted molar refractivity (Wildman–Crippen MR) is 133 cm³/mol. The predicted octanol–water partition coefficient (Wildman–Crippen LogP) is 5.16. The van der Waals surface area contributed by atoms with Crippen LogP contribution in [0.25, 0.3) is 0 Å². The van der Waals surface area contributed by atoms with Gasteiger partial charge in [0.1, 0.15) is 0 Å². The molecule has 1 saturated heterocycles. The molecule has 0 aromatic heterocycles. The fourth-order valence-corrected chi connectivity index (χ4v) is 4.25. The number of hydrogen-bond donors (Lipinski definition) is 1. The van der Waals surface area contributed by atoms with Crippen LogP contribution in [0.5, 0.6) is 0 Å². The lowest BCUT2D eigenvalue weighted by atomic mass is 10.1. The summed E-state index contributed by atoms with van der Waals surface area (Å²) in [6.07, 6.45) is 0. The average molecular weight is 546 g/mol. The molecule has 0 radical (unpaired) electrons. The van der Waals surface area contributed by atoms with Crippen molar-refractivity contribution in [3.05, 3.63) is 92.5 Å². The fourth-order valence-electron chi connectivity index (χ4n) is 3.56. The summed E-state index contributed by atoms with van der Waals surface area (Å²) in [6, 6.07) is 22.5. The molecule has 0 atom stereocenters. The average Bonchev–Trinajstić information content (AvgIpc) is 2.81. The highest BCUT2D eigenvalue weighted by Gasteiger charge is 2.22. The van der Waals surface area contributed by atoms with Gasteiger partial charge >= 0.3 is 0 Å². The van der Waals surface area contributed by atoms with Crippen molar-refractivity contribution in [3.63, 3.8) is 0 Å². The number of halogens is 2. The van der Waals surface area contributed by atoms with E-state index in [-0.39, 0.29) is 11.8 Å². The molecule has 1 aliphatic heterocycles. The van der Waals surface area contributed by atoms with Crippen molar-refractivity contribution in [2.24, 2.45) is 0 Å². The maximum absolute atomic E-state index is 12.6. The van der Waals surface area contributed by atoms with Gasteiger partial charge in [-0.3, -0.25) is 9.59 Å². The molecular formula is C24H21ClIN3O2. The monoisotopic (exact) mass is 545 g/mol. The largest absolute Gasteiger partial charge is 0.368 e. The third kappa shape index (κ3) is 5.19. The maximum Gasteiger partial charge on any atom is 0.257 e. The highest BCUT2D eigenvalue weighted by Crippen LogP contribution is 2.23. The number of hydrogen-bond acceptors (Lipinski definition) is 3. The lowest BCUT2D eigenvalue weighted by Gasteiger charge is -2.36. The lowest BCUT2D eigenvalue weighted by Crippen LogP contribution is -2.48. The summed E-state index contributed by atoms with van der Waals surface area (Å²) in [6.45, 7) is 2.89. The van der Waals surface area contributed by atoms with Crippen LogP contribution in [-0.2, 0) is 0 Å². The molecule has 0 aliphatic carbocycles. The van der Waals surface area contributed by atoms with Crippen LogP contribution >= 0.6 is 34.2 Å². The molecule has 1 heterocycles. The Hall–Kier alpha value is -2.58. The molecule has 31 heavy (non-hydrogen) atoms. The van der Waals surface area contributed by atoms with Gasteiger partial charge in [-0.2, -0.15) is 0 Å². The molecule has 1 fully saturated rings. The van der Waals surface area contributed by atoms with E-state index in [9.17, 15) is 9.59 Å². The first-order valence-corrected chi connectivity index (χ1v) is 11.4. The van der Waals surface area contributed by atoms with Crippen molar-refractivity contribution in [2.45, 2.75) is 0 Å². The molecule has 158 valence electrons. The third-order valence-corrected chi connectivity index (χ3v) is 6.25. The second-order valence-electron chi connectivity index (χ2n) is 7.27. The fraction of sp³-hybridized carbons (Fsp3) is 0.167. The third-order valence-electron chi connectivity index (χ3n) is 5.25. The number of amides is 2. The Labute approximate surface area is 200 Å². The van der Waals surface area contributed by atoms with Crippen molar-refractivity contribution >= 4 is 57.4 Å². The van der Waals surface area contributed by atoms with E-state index in [4.69, 9.17) is 11.6 Å². The zero-order valence-electron chi connectivity index (χ0n) is 16.7. The number of nitrogens with zero attached hydrogens (tertiary/aromatic N) is 2. The summed E-state index contributed by atoms with van der Waals surface area (Å²) in [4.78, 5) is 29.3. The lowest BCUT2D eigenvalue weighted by molar-refractivity contribution is 0.0746. The van der Waals surface area contributed by atoms with Crippen molar-refractivity contribution < 1.29 is 9.59 Å². The number of benzene rings is 3. The van der Waals surface area contributed by atoms with Gasteiger partial charge in [-0.1, -0.05) is 29.8 Å². The van der Waals surface area contributed by atoms with Crippen LogP contribution in [0.3, 0.4) is 0 Å². The zero-order chi connectivity index (χ0) is 21.8. The summed E-state index contributed by atoms with van der Waals surface area (Å²) >= 11 is 8.31. The van der Waals surface area contributed by atoms with Gasteiger partial charge in [0.05, 0.1) is 10.6 Å². The quantitative estimate of drug-likeness (QED) is 0.461. The van der Waals surface area contributed by atoms with Crippen molar-refractivity contribution in [1.29, 1.82) is 0 Å². The maximum atomic E-state index is 12.6. The number of nitrogens with one attached hydrogen (secondary N) is 1. The van der Waals surface area contributed by atoms with Crippen molar-refractivity contribution in [3.8, 4) is 0 Å². The van der Waals surface area contributed by atoms with E-state index in [0.29, 0.717) is 29.4 Å². The highest BCUT2D eigenvalue weighted by atomic mass is 127. The number of rotatable bonds is 4. The molecule has 3 aromatic rings. The number of carbonyl (C=O) groups is 2. The molecule has 0 bridgehead atoms. The van der Waals surface area contributed by atoms with E-state index in [1.165, 1.54) is 0 Å². The van der Waals surface area contributed by atoms with Gasteiger partial charge in [0.2, 0.25) is 0 Å². The zero-order valence-corrected chi connectivity index (χ0v) is 19.6. The Morgan fingerprint density at radius 1 is 0.871 bits per heavy atom. The molecule has 0 saturated carbocycles. The summed E-state index contributed by atoms with van der Waals surface area (Å²) in [5, 5.41) is 3.33. The minimum absolute atomic E-state index is 0.0764. The van der Waals surface area contributed by atoms with Crippen LogP contribution in [0, 0.1) is 3.57 Å². The second-order valence-corrected chi connectivity index (χ2v) is 8.92. The molecule has 3 aromatic carbocycles. The summed E-state index contributed by atoms with van der Waals surface area (Å²) in [5.74, 6) is -0.156. The van der Waals surface area contributed by atoms with Crippen LogP contribution in [0.4, 0.5) is 11.4 Å². The molecule has 7 heteroatoms. The SMILES string of the molecule is O=C(Nc1ccc(N2CCN(C(=O)c3ccccc3)CC2)cc1)c1cc(I)ccc1Cl. The van der Waals surface area contributed by atoms with Crippen LogP contribution < -0.4 is 10.2 Å². The Kier molecular flexibility index (Phi) is 6.77. The van der Waals surface area contributed by atoms with E-state index >= 15 is 0 Å². The first kappa shape index (κ1) is 21.6. The molecule has 0 spiro atoms. The molecule has 1 N–H and O–H groups in total. The van der Waals surface area contributed by atoms with E-state index < -0.39 is 0 Å². The van der Waals surface area contributed by atoms with Gasteiger partial charge in [-0.05, 0) is 77.2 Å². The summed E-state index contributed by atoms with van der Waals surface area (Å²) in [7, 11) is 0. The van der Waals surface area contributed by atoms with E-state index in [0.717, 1.165) is 27.9 Å². The van der Waals surface area contributed by atoms with Gasteiger partial charge in [-0.25, -0.2) is 0 Å². The Morgan fingerprint density at radius 3 is 2.23 bits per heavy atom. The van der Waals surface area contributed by atoms with Crippen molar-refractivity contribution in [1.82, 2.24) is 4.90 Å². The first-order chi connectivity index (χ1) is 15.0. The van der Waals surface area contributed by atoms with Crippen molar-refractivity contribution in [2.75, 3.05) is 36.4 Å². The Balaban J connectivity index is 1.35. The van der Waals surface area contributed by atoms with Crippen LogP contribution in [0.1, 0.15) is 20.7 Å². The topological polar surface area (TPSA) is 52.7 Å². The number of carbonyl (C=O) groups excluding carboxylic acids is 2. The normalized spacial score (nSPS) is 13.7.